The lowest BCUT2D eigenvalue weighted by Gasteiger charge is -2.37. The predicted octanol–water partition coefficient (Wildman–Crippen LogP) is 1.84. The largest absolute Gasteiger partial charge is 0.495 e. The number of hydrogen-bond acceptors (Lipinski definition) is 8. The van der Waals surface area contributed by atoms with Crippen LogP contribution in [0.15, 0.2) is 61.1 Å². The summed E-state index contributed by atoms with van der Waals surface area (Å²) >= 11 is 0. The molecule has 1 aliphatic heterocycles. The average molecular weight is 473 g/mol. The first-order valence-corrected chi connectivity index (χ1v) is 11.6. The fraction of sp³-hybridized carbons (Fsp3) is 0.280. The van der Waals surface area contributed by atoms with Crippen molar-refractivity contribution < 1.29 is 9.53 Å². The molecule has 3 heterocycles. The summed E-state index contributed by atoms with van der Waals surface area (Å²) < 4.78 is 7.43. The molecule has 0 atom stereocenters. The maximum Gasteiger partial charge on any atom is 0.251 e. The minimum absolute atomic E-state index is 0.142. The van der Waals surface area contributed by atoms with Gasteiger partial charge in [-0.2, -0.15) is 5.10 Å². The van der Waals surface area contributed by atoms with Crippen molar-refractivity contribution in [3.8, 4) is 11.4 Å². The number of nitrogens with zero attached hydrogens (tertiary/aromatic N) is 6. The zero-order valence-corrected chi connectivity index (χ0v) is 19.6. The van der Waals surface area contributed by atoms with Crippen LogP contribution in [0.1, 0.15) is 10.4 Å². The van der Waals surface area contributed by atoms with E-state index in [1.807, 2.05) is 53.3 Å². The summed E-state index contributed by atoms with van der Waals surface area (Å²) in [4.78, 5) is 26.0. The molecule has 10 nitrogen and oxygen atoms in total. The number of aromatic nitrogens is 4. The number of piperazine rings is 1. The standard InChI is InChI=1S/C25H28N8O2/c1-35-22-8-7-18(25(34)27-10-9-26)15-21(22)31-11-13-32(14-12-31)23-20-16-30-33(24(20)29-17-28-23)19-5-3-2-4-6-19/h2-8,15-17H,9-14,26H2,1H3,(H,27,34). The van der Waals surface area contributed by atoms with Crippen molar-refractivity contribution >= 4 is 28.4 Å². The summed E-state index contributed by atoms with van der Waals surface area (Å²) in [6.07, 6.45) is 3.42. The van der Waals surface area contributed by atoms with Gasteiger partial charge in [-0.1, -0.05) is 18.2 Å². The molecular formula is C25H28N8O2. The second kappa shape index (κ2) is 9.98. The fourth-order valence-corrected chi connectivity index (χ4v) is 4.37. The van der Waals surface area contributed by atoms with Gasteiger partial charge in [0.15, 0.2) is 5.65 Å². The first-order valence-electron chi connectivity index (χ1n) is 11.6. The molecule has 1 fully saturated rings. The van der Waals surface area contributed by atoms with E-state index in [0.717, 1.165) is 60.2 Å². The lowest BCUT2D eigenvalue weighted by Crippen LogP contribution is -2.47. The number of benzene rings is 2. The minimum Gasteiger partial charge on any atom is -0.495 e. The summed E-state index contributed by atoms with van der Waals surface area (Å²) in [5, 5.41) is 8.31. The van der Waals surface area contributed by atoms with Crippen LogP contribution in [0.25, 0.3) is 16.7 Å². The molecule has 2 aromatic heterocycles. The summed E-state index contributed by atoms with van der Waals surface area (Å²) in [5.41, 5.74) is 8.73. The van der Waals surface area contributed by atoms with E-state index in [0.29, 0.717) is 18.7 Å². The Bertz CT molecular complexity index is 1320. The minimum atomic E-state index is -0.142. The van der Waals surface area contributed by atoms with E-state index in [9.17, 15) is 4.79 Å². The molecule has 180 valence electrons. The average Bonchev–Trinajstić information content (AvgIpc) is 3.36. The number of amides is 1. The number of rotatable bonds is 7. The first-order chi connectivity index (χ1) is 17.2. The van der Waals surface area contributed by atoms with Gasteiger partial charge in [-0.3, -0.25) is 4.79 Å². The van der Waals surface area contributed by atoms with Crippen LogP contribution in [0.5, 0.6) is 5.75 Å². The van der Waals surface area contributed by atoms with Crippen LogP contribution in [0.2, 0.25) is 0 Å². The number of carbonyl (C=O) groups excluding carboxylic acids is 1. The number of hydrogen-bond donors (Lipinski definition) is 2. The van der Waals surface area contributed by atoms with Crippen LogP contribution in [0.4, 0.5) is 11.5 Å². The Labute approximate surface area is 203 Å². The van der Waals surface area contributed by atoms with Crippen LogP contribution in [-0.2, 0) is 0 Å². The van der Waals surface area contributed by atoms with Crippen molar-refractivity contribution in [2.24, 2.45) is 5.73 Å². The van der Waals surface area contributed by atoms with Gasteiger partial charge >= 0.3 is 0 Å². The summed E-state index contributed by atoms with van der Waals surface area (Å²) in [7, 11) is 1.64. The van der Waals surface area contributed by atoms with Crippen LogP contribution in [0.3, 0.4) is 0 Å². The third-order valence-electron chi connectivity index (χ3n) is 6.14. The summed E-state index contributed by atoms with van der Waals surface area (Å²) in [6, 6.07) is 15.4. The SMILES string of the molecule is COc1ccc(C(=O)NCCN)cc1N1CCN(c2ncnc3c2cnn3-c2ccccc2)CC1. The van der Waals surface area contributed by atoms with Gasteiger partial charge in [-0.25, -0.2) is 14.6 Å². The molecule has 0 spiro atoms. The predicted molar refractivity (Wildman–Crippen MR) is 135 cm³/mol. The highest BCUT2D eigenvalue weighted by molar-refractivity contribution is 5.95. The number of fused-ring (bicyclic) bond motifs is 1. The van der Waals surface area contributed by atoms with E-state index in [4.69, 9.17) is 10.5 Å². The van der Waals surface area contributed by atoms with Gasteiger partial charge in [0.05, 0.1) is 30.1 Å². The Morgan fingerprint density at radius 2 is 1.83 bits per heavy atom. The second-order valence-corrected chi connectivity index (χ2v) is 8.23. The zero-order chi connectivity index (χ0) is 24.2. The van der Waals surface area contributed by atoms with Crippen LogP contribution in [0, 0.1) is 0 Å². The quantitative estimate of drug-likeness (QED) is 0.419. The number of para-hydroxylation sites is 1. The Balaban J connectivity index is 1.36. The topological polar surface area (TPSA) is 114 Å². The van der Waals surface area contributed by atoms with Crippen molar-refractivity contribution in [3.05, 3.63) is 66.6 Å². The van der Waals surface area contributed by atoms with Crippen LogP contribution >= 0.6 is 0 Å². The van der Waals surface area contributed by atoms with Gasteiger partial charge in [0, 0.05) is 44.8 Å². The fourth-order valence-electron chi connectivity index (χ4n) is 4.37. The van der Waals surface area contributed by atoms with Crippen molar-refractivity contribution in [2.45, 2.75) is 0 Å². The second-order valence-electron chi connectivity index (χ2n) is 8.23. The third kappa shape index (κ3) is 4.47. The van der Waals surface area contributed by atoms with Crippen molar-refractivity contribution in [1.82, 2.24) is 25.1 Å². The highest BCUT2D eigenvalue weighted by Crippen LogP contribution is 2.32. The monoisotopic (exact) mass is 472 g/mol. The number of ether oxygens (including phenoxy) is 1. The van der Waals surface area contributed by atoms with E-state index in [-0.39, 0.29) is 5.91 Å². The highest BCUT2D eigenvalue weighted by atomic mass is 16.5. The first kappa shape index (κ1) is 22.6. The number of nitrogens with one attached hydrogen (secondary N) is 1. The Kier molecular flexibility index (Phi) is 6.44. The molecule has 1 saturated heterocycles. The summed E-state index contributed by atoms with van der Waals surface area (Å²) in [5.74, 6) is 1.47. The van der Waals surface area contributed by atoms with E-state index in [1.54, 1.807) is 19.5 Å². The van der Waals surface area contributed by atoms with Crippen LogP contribution < -0.4 is 25.6 Å². The van der Waals surface area contributed by atoms with Crippen molar-refractivity contribution in [3.63, 3.8) is 0 Å². The van der Waals surface area contributed by atoms with Gasteiger partial charge < -0.3 is 25.6 Å². The number of anilines is 2. The molecule has 0 bridgehead atoms. The molecule has 3 N–H and O–H groups in total. The maximum absolute atomic E-state index is 12.4. The van der Waals surface area contributed by atoms with Gasteiger partial charge in [-0.15, -0.1) is 0 Å². The van der Waals surface area contributed by atoms with E-state index in [2.05, 4.69) is 30.2 Å². The summed E-state index contributed by atoms with van der Waals surface area (Å²) in [6.45, 7) is 3.86. The normalized spacial score (nSPS) is 13.8. The number of nitrogens with two attached hydrogens (primary N) is 1. The Morgan fingerprint density at radius 3 is 2.57 bits per heavy atom. The Hall–Kier alpha value is -4.18. The van der Waals surface area contributed by atoms with Gasteiger partial charge in [0.25, 0.3) is 5.91 Å². The molecule has 0 unspecified atom stereocenters. The molecule has 0 aliphatic carbocycles. The van der Waals surface area contributed by atoms with Crippen molar-refractivity contribution in [2.75, 3.05) is 56.2 Å². The van der Waals surface area contributed by atoms with E-state index in [1.165, 1.54) is 0 Å². The van der Waals surface area contributed by atoms with E-state index >= 15 is 0 Å². The van der Waals surface area contributed by atoms with Gasteiger partial charge in [-0.05, 0) is 30.3 Å². The van der Waals surface area contributed by atoms with E-state index < -0.39 is 0 Å². The number of carbonyl (C=O) groups is 1. The molecule has 0 radical (unpaired) electrons. The molecule has 5 rings (SSSR count). The Morgan fingerprint density at radius 1 is 1.06 bits per heavy atom. The lowest BCUT2D eigenvalue weighted by molar-refractivity contribution is 0.0954. The molecule has 2 aromatic carbocycles. The zero-order valence-electron chi connectivity index (χ0n) is 19.6. The lowest BCUT2D eigenvalue weighted by atomic mass is 10.1. The molecular weight excluding hydrogens is 444 g/mol. The van der Waals surface area contributed by atoms with Crippen molar-refractivity contribution in [1.29, 1.82) is 0 Å². The third-order valence-corrected chi connectivity index (χ3v) is 6.14. The molecule has 4 aromatic rings. The molecule has 10 heteroatoms. The smallest absolute Gasteiger partial charge is 0.251 e. The molecule has 35 heavy (non-hydrogen) atoms. The van der Waals surface area contributed by atoms with Gasteiger partial charge in [0.2, 0.25) is 0 Å². The molecule has 0 saturated carbocycles. The maximum atomic E-state index is 12.4. The molecule has 1 aliphatic rings. The highest BCUT2D eigenvalue weighted by Gasteiger charge is 2.24. The number of methoxy groups -OCH3 is 1. The van der Waals surface area contributed by atoms with Gasteiger partial charge in [0.1, 0.15) is 17.9 Å². The molecule has 1 amide bonds. The van der Waals surface area contributed by atoms with Crippen LogP contribution in [-0.4, -0.2) is 72.0 Å².